The minimum absolute atomic E-state index is 0.419. The summed E-state index contributed by atoms with van der Waals surface area (Å²) in [4.78, 5) is 0. The first kappa shape index (κ1) is 22.5. The first-order valence-electron chi connectivity index (χ1n) is 11.8. The molecule has 0 N–H and O–H groups in total. The van der Waals surface area contributed by atoms with Crippen LogP contribution in [0.1, 0.15) is 54.5 Å². The van der Waals surface area contributed by atoms with Gasteiger partial charge < -0.3 is 0 Å². The fraction of sp³-hybridized carbons (Fsp3) is 0.290. The summed E-state index contributed by atoms with van der Waals surface area (Å²) in [7, 11) is -1.46. The summed E-state index contributed by atoms with van der Waals surface area (Å²) in [6.07, 6.45) is 0. The van der Waals surface area contributed by atoms with E-state index < -0.39 is 8.80 Å². The van der Waals surface area contributed by atoms with Crippen LogP contribution in [0.15, 0.2) is 89.0 Å². The standard InChI is InChI=1S/C31H36Si/c1-20-13-14-30(23(4)16-20)32(28-17-21(2)15-22(3)18-28)19-29-25(6)24(5)26(7)31(29)27-11-9-8-10-12-27/h8-18,31-32H,19H2,1-7H3. The van der Waals surface area contributed by atoms with Gasteiger partial charge in [0, 0.05) is 5.92 Å². The first-order chi connectivity index (χ1) is 15.3. The molecule has 0 saturated heterocycles. The third-order valence-corrected chi connectivity index (χ3v) is 10.8. The first-order valence-corrected chi connectivity index (χ1v) is 13.8. The van der Waals surface area contributed by atoms with E-state index in [2.05, 4.69) is 115 Å². The normalized spacial score (nSPS) is 17.3. The highest BCUT2D eigenvalue weighted by molar-refractivity contribution is 6.86. The van der Waals surface area contributed by atoms with E-state index in [0.717, 1.165) is 0 Å². The Labute approximate surface area is 196 Å². The maximum Gasteiger partial charge on any atom is 0.107 e. The predicted molar refractivity (Wildman–Crippen MR) is 143 cm³/mol. The largest absolute Gasteiger partial charge is 0.107 e. The van der Waals surface area contributed by atoms with Gasteiger partial charge in [-0.1, -0.05) is 111 Å². The average Bonchev–Trinajstić information content (AvgIpc) is 2.96. The molecule has 3 aromatic rings. The van der Waals surface area contributed by atoms with E-state index >= 15 is 0 Å². The van der Waals surface area contributed by atoms with Gasteiger partial charge in [-0.05, 0) is 71.2 Å². The molecule has 0 spiro atoms. The second kappa shape index (κ2) is 9.08. The molecule has 0 nitrogen and oxygen atoms in total. The van der Waals surface area contributed by atoms with Gasteiger partial charge in [-0.25, -0.2) is 0 Å². The number of aryl methyl sites for hydroxylation is 4. The molecule has 0 amide bonds. The molecule has 2 unspecified atom stereocenters. The van der Waals surface area contributed by atoms with Crippen molar-refractivity contribution in [3.63, 3.8) is 0 Å². The smallest absolute Gasteiger partial charge is 0.0624 e. The quantitative estimate of drug-likeness (QED) is 0.390. The number of rotatable bonds is 5. The van der Waals surface area contributed by atoms with Crippen LogP contribution in [0.5, 0.6) is 0 Å². The molecule has 164 valence electrons. The maximum atomic E-state index is 2.46. The zero-order chi connectivity index (χ0) is 23.0. The van der Waals surface area contributed by atoms with Crippen LogP contribution in [0.2, 0.25) is 6.04 Å². The second-order valence-corrected chi connectivity index (χ2v) is 12.6. The van der Waals surface area contributed by atoms with Gasteiger partial charge in [0.25, 0.3) is 0 Å². The van der Waals surface area contributed by atoms with Crippen LogP contribution in [-0.2, 0) is 0 Å². The lowest BCUT2D eigenvalue weighted by molar-refractivity contribution is 0.932. The zero-order valence-corrected chi connectivity index (χ0v) is 21.9. The van der Waals surface area contributed by atoms with Crippen molar-refractivity contribution in [1.82, 2.24) is 0 Å². The summed E-state index contributed by atoms with van der Waals surface area (Å²) in [5, 5.41) is 3.17. The lowest BCUT2D eigenvalue weighted by Crippen LogP contribution is -2.44. The van der Waals surface area contributed by atoms with E-state index in [9.17, 15) is 0 Å². The highest BCUT2D eigenvalue weighted by Crippen LogP contribution is 2.45. The van der Waals surface area contributed by atoms with E-state index in [1.54, 1.807) is 15.9 Å². The average molecular weight is 437 g/mol. The van der Waals surface area contributed by atoms with Crippen molar-refractivity contribution >= 4 is 19.2 Å². The van der Waals surface area contributed by atoms with Crippen molar-refractivity contribution < 1.29 is 0 Å². The fourth-order valence-corrected chi connectivity index (χ4v) is 9.34. The highest BCUT2D eigenvalue weighted by Gasteiger charge is 2.32. The monoisotopic (exact) mass is 436 g/mol. The fourth-order valence-electron chi connectivity index (χ4n) is 5.65. The van der Waals surface area contributed by atoms with Crippen molar-refractivity contribution in [1.29, 1.82) is 0 Å². The van der Waals surface area contributed by atoms with Gasteiger partial charge in [-0.3, -0.25) is 0 Å². The zero-order valence-electron chi connectivity index (χ0n) is 20.7. The summed E-state index contributed by atoms with van der Waals surface area (Å²) in [5.74, 6) is 0.419. The van der Waals surface area contributed by atoms with Crippen LogP contribution >= 0.6 is 0 Å². The van der Waals surface area contributed by atoms with Gasteiger partial charge in [0.1, 0.15) is 8.80 Å². The summed E-state index contributed by atoms with van der Waals surface area (Å²) in [6, 6.07) is 26.6. The van der Waals surface area contributed by atoms with E-state index in [-0.39, 0.29) is 0 Å². The van der Waals surface area contributed by atoms with Crippen LogP contribution in [0.25, 0.3) is 0 Å². The molecule has 0 saturated carbocycles. The molecule has 4 rings (SSSR count). The van der Waals surface area contributed by atoms with Crippen molar-refractivity contribution in [2.24, 2.45) is 0 Å². The van der Waals surface area contributed by atoms with Crippen molar-refractivity contribution in [2.45, 2.75) is 60.4 Å². The molecule has 32 heavy (non-hydrogen) atoms. The number of hydrogen-bond acceptors (Lipinski definition) is 0. The van der Waals surface area contributed by atoms with Crippen LogP contribution in [-0.4, -0.2) is 8.80 Å². The molecule has 0 aromatic heterocycles. The van der Waals surface area contributed by atoms with Gasteiger partial charge in [-0.2, -0.15) is 0 Å². The lowest BCUT2D eigenvalue weighted by Gasteiger charge is -2.25. The van der Waals surface area contributed by atoms with E-state index in [0.29, 0.717) is 5.92 Å². The Hall–Kier alpha value is -2.64. The Bertz CT molecular complexity index is 1190. The van der Waals surface area contributed by atoms with Crippen molar-refractivity contribution in [2.75, 3.05) is 0 Å². The van der Waals surface area contributed by atoms with Gasteiger partial charge in [0.2, 0.25) is 0 Å². The molecular formula is C31H36Si. The molecule has 0 radical (unpaired) electrons. The Balaban J connectivity index is 1.85. The SMILES string of the molecule is CC1=C(C)C(c2ccccc2)C(C[SiH](c2cc(C)cc(C)c2)c2ccc(C)cc2C)=C1C. The Morgan fingerprint density at radius 1 is 0.656 bits per heavy atom. The summed E-state index contributed by atoms with van der Waals surface area (Å²) in [5.41, 5.74) is 13.2. The van der Waals surface area contributed by atoms with Crippen molar-refractivity contribution in [3.8, 4) is 0 Å². The lowest BCUT2D eigenvalue weighted by atomic mass is 9.89. The third kappa shape index (κ3) is 4.32. The highest BCUT2D eigenvalue weighted by atomic mass is 28.3. The van der Waals surface area contributed by atoms with Crippen LogP contribution in [0.3, 0.4) is 0 Å². The van der Waals surface area contributed by atoms with E-state index in [1.807, 2.05) is 0 Å². The van der Waals surface area contributed by atoms with Gasteiger partial charge in [-0.15, -0.1) is 0 Å². The molecule has 0 heterocycles. The van der Waals surface area contributed by atoms with E-state index in [1.165, 1.54) is 50.6 Å². The van der Waals surface area contributed by atoms with Crippen LogP contribution in [0.4, 0.5) is 0 Å². The minimum Gasteiger partial charge on any atom is -0.0624 e. The molecule has 1 aliphatic rings. The summed E-state index contributed by atoms with van der Waals surface area (Å²) in [6.45, 7) is 16.0. The summed E-state index contributed by atoms with van der Waals surface area (Å²) < 4.78 is 0. The second-order valence-electron chi connectivity index (χ2n) is 9.84. The van der Waals surface area contributed by atoms with Gasteiger partial charge in [0.05, 0.1) is 0 Å². The molecule has 1 heteroatoms. The molecule has 0 bridgehead atoms. The van der Waals surface area contributed by atoms with Crippen LogP contribution < -0.4 is 10.4 Å². The summed E-state index contributed by atoms with van der Waals surface area (Å²) >= 11 is 0. The molecule has 0 aliphatic heterocycles. The third-order valence-electron chi connectivity index (χ3n) is 7.42. The minimum atomic E-state index is -1.46. The molecule has 0 fully saturated rings. The molecule has 1 aliphatic carbocycles. The van der Waals surface area contributed by atoms with Gasteiger partial charge in [0.15, 0.2) is 0 Å². The maximum absolute atomic E-state index is 2.46. The van der Waals surface area contributed by atoms with Crippen LogP contribution in [0, 0.1) is 27.7 Å². The number of hydrogen-bond donors (Lipinski definition) is 0. The Morgan fingerprint density at radius 3 is 1.94 bits per heavy atom. The topological polar surface area (TPSA) is 0 Å². The molecule has 3 aromatic carbocycles. The predicted octanol–water partition coefficient (Wildman–Crippen LogP) is 6.71. The van der Waals surface area contributed by atoms with Gasteiger partial charge >= 0.3 is 0 Å². The van der Waals surface area contributed by atoms with E-state index in [4.69, 9.17) is 0 Å². The molecular weight excluding hydrogens is 400 g/mol. The Morgan fingerprint density at radius 2 is 1.31 bits per heavy atom. The number of allylic oxidation sites excluding steroid dienone is 4. The molecule has 2 atom stereocenters. The van der Waals surface area contributed by atoms with Crippen molar-refractivity contribution in [3.05, 3.63) is 117 Å². The number of benzene rings is 3. The Kier molecular flexibility index (Phi) is 6.39.